The second kappa shape index (κ2) is 7.23. The third kappa shape index (κ3) is 4.79. The number of ether oxygens (including phenoxy) is 1. The summed E-state index contributed by atoms with van der Waals surface area (Å²) in [5.74, 6) is 0.837. The van der Waals surface area contributed by atoms with Gasteiger partial charge >= 0.3 is 0 Å². The van der Waals surface area contributed by atoms with E-state index in [1.165, 1.54) is 19.3 Å². The minimum atomic E-state index is 0.483. The van der Waals surface area contributed by atoms with Gasteiger partial charge in [0.05, 0.1) is 18.5 Å². The molecule has 0 saturated heterocycles. The van der Waals surface area contributed by atoms with E-state index in [0.717, 1.165) is 24.5 Å². The van der Waals surface area contributed by atoms with Gasteiger partial charge in [-0.05, 0) is 18.6 Å². The molecule has 0 unspecified atom stereocenters. The highest BCUT2D eigenvalue weighted by molar-refractivity contribution is 5.19. The minimum Gasteiger partial charge on any atom is -0.492 e. The molecule has 0 bridgehead atoms. The first kappa shape index (κ1) is 12.0. The molecule has 0 radical (unpaired) electrons. The second-order valence-corrected chi connectivity index (χ2v) is 3.60. The molecular weight excluding hydrogens is 188 g/mol. The van der Waals surface area contributed by atoms with E-state index < -0.39 is 0 Å². The van der Waals surface area contributed by atoms with Gasteiger partial charge < -0.3 is 10.5 Å². The van der Waals surface area contributed by atoms with Gasteiger partial charge in [-0.2, -0.15) is 0 Å². The van der Waals surface area contributed by atoms with Crippen LogP contribution in [0, 0.1) is 0 Å². The average molecular weight is 208 g/mol. The normalized spacial score (nSPS) is 10.3. The molecule has 3 heteroatoms. The molecule has 0 fully saturated rings. The van der Waals surface area contributed by atoms with Crippen LogP contribution in [0.1, 0.15) is 38.3 Å². The Hall–Kier alpha value is -1.09. The Morgan fingerprint density at radius 3 is 2.73 bits per heavy atom. The molecule has 1 rings (SSSR count). The van der Waals surface area contributed by atoms with Gasteiger partial charge in [-0.25, -0.2) is 0 Å². The second-order valence-electron chi connectivity index (χ2n) is 3.60. The lowest BCUT2D eigenvalue weighted by atomic mass is 10.2. The van der Waals surface area contributed by atoms with Crippen molar-refractivity contribution in [2.45, 2.75) is 39.2 Å². The highest BCUT2D eigenvalue weighted by atomic mass is 16.5. The highest BCUT2D eigenvalue weighted by Crippen LogP contribution is 2.10. The lowest BCUT2D eigenvalue weighted by Crippen LogP contribution is -2.01. The Balaban J connectivity index is 2.20. The van der Waals surface area contributed by atoms with Crippen molar-refractivity contribution in [2.24, 2.45) is 5.73 Å². The first-order valence-corrected chi connectivity index (χ1v) is 5.64. The third-order valence-electron chi connectivity index (χ3n) is 2.27. The van der Waals surface area contributed by atoms with Gasteiger partial charge in [-0.1, -0.05) is 26.2 Å². The Morgan fingerprint density at radius 1 is 1.27 bits per heavy atom. The molecule has 0 aliphatic rings. The van der Waals surface area contributed by atoms with E-state index in [4.69, 9.17) is 10.5 Å². The van der Waals surface area contributed by atoms with Crippen LogP contribution in [-0.4, -0.2) is 11.6 Å². The van der Waals surface area contributed by atoms with E-state index in [1.54, 1.807) is 6.20 Å². The van der Waals surface area contributed by atoms with Crippen molar-refractivity contribution >= 4 is 0 Å². The molecule has 1 heterocycles. The van der Waals surface area contributed by atoms with Crippen molar-refractivity contribution in [3.63, 3.8) is 0 Å². The van der Waals surface area contributed by atoms with Crippen LogP contribution in [0.25, 0.3) is 0 Å². The number of pyridine rings is 1. The van der Waals surface area contributed by atoms with Crippen LogP contribution in [0.5, 0.6) is 5.75 Å². The molecule has 0 atom stereocenters. The fourth-order valence-electron chi connectivity index (χ4n) is 1.34. The third-order valence-corrected chi connectivity index (χ3v) is 2.27. The molecule has 0 aliphatic carbocycles. The minimum absolute atomic E-state index is 0.483. The molecule has 84 valence electrons. The summed E-state index contributed by atoms with van der Waals surface area (Å²) in [5, 5.41) is 0. The standard InChI is InChI=1S/C12H20N2O/c1-2-3-4-5-8-15-12-7-6-11(9-13)14-10-12/h6-7,10H,2-5,8-9,13H2,1H3. The molecule has 15 heavy (non-hydrogen) atoms. The predicted octanol–water partition coefficient (Wildman–Crippen LogP) is 2.50. The topological polar surface area (TPSA) is 48.1 Å². The van der Waals surface area contributed by atoms with E-state index in [-0.39, 0.29) is 0 Å². The quantitative estimate of drug-likeness (QED) is 0.700. The van der Waals surface area contributed by atoms with Crippen LogP contribution in [0.15, 0.2) is 18.3 Å². The Bertz CT molecular complexity index is 259. The molecule has 1 aromatic heterocycles. The van der Waals surface area contributed by atoms with E-state index in [0.29, 0.717) is 6.54 Å². The number of unbranched alkanes of at least 4 members (excludes halogenated alkanes) is 3. The fourth-order valence-corrected chi connectivity index (χ4v) is 1.34. The lowest BCUT2D eigenvalue weighted by Gasteiger charge is -2.05. The number of hydrogen-bond acceptors (Lipinski definition) is 3. The van der Waals surface area contributed by atoms with E-state index in [1.807, 2.05) is 12.1 Å². The fraction of sp³-hybridized carbons (Fsp3) is 0.583. The summed E-state index contributed by atoms with van der Waals surface area (Å²) in [6.45, 7) is 3.47. The number of rotatable bonds is 7. The summed E-state index contributed by atoms with van der Waals surface area (Å²) in [5.41, 5.74) is 6.35. The first-order valence-electron chi connectivity index (χ1n) is 5.64. The number of aromatic nitrogens is 1. The maximum atomic E-state index is 5.55. The van der Waals surface area contributed by atoms with Crippen molar-refractivity contribution < 1.29 is 4.74 Å². The molecule has 0 saturated carbocycles. The van der Waals surface area contributed by atoms with Gasteiger partial charge in [0.2, 0.25) is 0 Å². The summed E-state index contributed by atoms with van der Waals surface area (Å²) in [4.78, 5) is 4.16. The predicted molar refractivity (Wildman–Crippen MR) is 61.8 cm³/mol. The maximum absolute atomic E-state index is 5.55. The molecule has 1 aromatic rings. The maximum Gasteiger partial charge on any atom is 0.137 e. The van der Waals surface area contributed by atoms with Crippen molar-refractivity contribution in [3.8, 4) is 5.75 Å². The SMILES string of the molecule is CCCCCCOc1ccc(CN)nc1. The Kier molecular flexibility index (Phi) is 5.78. The van der Waals surface area contributed by atoms with Crippen LogP contribution >= 0.6 is 0 Å². The largest absolute Gasteiger partial charge is 0.492 e. The Morgan fingerprint density at radius 2 is 2.13 bits per heavy atom. The molecule has 0 spiro atoms. The van der Waals surface area contributed by atoms with Gasteiger partial charge in [0.25, 0.3) is 0 Å². The van der Waals surface area contributed by atoms with Crippen molar-refractivity contribution in [3.05, 3.63) is 24.0 Å². The van der Waals surface area contributed by atoms with Crippen LogP contribution < -0.4 is 10.5 Å². The number of nitrogens with zero attached hydrogens (tertiary/aromatic N) is 1. The number of hydrogen-bond donors (Lipinski definition) is 1. The monoisotopic (exact) mass is 208 g/mol. The molecule has 0 aliphatic heterocycles. The van der Waals surface area contributed by atoms with E-state index in [2.05, 4.69) is 11.9 Å². The van der Waals surface area contributed by atoms with Crippen LogP contribution in [0.2, 0.25) is 0 Å². The zero-order valence-electron chi connectivity index (χ0n) is 9.41. The van der Waals surface area contributed by atoms with Gasteiger partial charge in [-0.3, -0.25) is 4.98 Å². The van der Waals surface area contributed by atoms with Crippen molar-refractivity contribution in [1.82, 2.24) is 4.98 Å². The lowest BCUT2D eigenvalue weighted by molar-refractivity contribution is 0.304. The molecular formula is C12H20N2O. The van der Waals surface area contributed by atoms with E-state index >= 15 is 0 Å². The summed E-state index contributed by atoms with van der Waals surface area (Å²) >= 11 is 0. The van der Waals surface area contributed by atoms with Crippen molar-refractivity contribution in [1.29, 1.82) is 0 Å². The average Bonchev–Trinajstić information content (AvgIpc) is 2.30. The van der Waals surface area contributed by atoms with Gasteiger partial charge in [0.15, 0.2) is 0 Å². The van der Waals surface area contributed by atoms with Gasteiger partial charge in [0, 0.05) is 6.54 Å². The highest BCUT2D eigenvalue weighted by Gasteiger charge is 1.95. The molecule has 3 nitrogen and oxygen atoms in total. The smallest absolute Gasteiger partial charge is 0.137 e. The zero-order chi connectivity index (χ0) is 10.9. The van der Waals surface area contributed by atoms with Crippen LogP contribution in [0.4, 0.5) is 0 Å². The summed E-state index contributed by atoms with van der Waals surface area (Å²) in [6, 6.07) is 3.83. The summed E-state index contributed by atoms with van der Waals surface area (Å²) in [6.07, 6.45) is 6.64. The first-order chi connectivity index (χ1) is 7.36. The Labute approximate surface area is 91.7 Å². The van der Waals surface area contributed by atoms with Gasteiger partial charge in [-0.15, -0.1) is 0 Å². The molecule has 0 amide bonds. The molecule has 2 N–H and O–H groups in total. The number of nitrogens with two attached hydrogens (primary N) is 1. The van der Waals surface area contributed by atoms with Crippen LogP contribution in [-0.2, 0) is 6.54 Å². The van der Waals surface area contributed by atoms with Crippen LogP contribution in [0.3, 0.4) is 0 Å². The van der Waals surface area contributed by atoms with Crippen molar-refractivity contribution in [2.75, 3.05) is 6.61 Å². The summed E-state index contributed by atoms with van der Waals surface area (Å²) < 4.78 is 5.55. The zero-order valence-corrected chi connectivity index (χ0v) is 9.41. The van der Waals surface area contributed by atoms with Gasteiger partial charge in [0.1, 0.15) is 5.75 Å². The van der Waals surface area contributed by atoms with E-state index in [9.17, 15) is 0 Å². The summed E-state index contributed by atoms with van der Waals surface area (Å²) in [7, 11) is 0. The molecule has 0 aromatic carbocycles.